The molecule has 0 atom stereocenters. The van der Waals surface area contributed by atoms with Gasteiger partial charge in [0.1, 0.15) is 11.5 Å². The summed E-state index contributed by atoms with van der Waals surface area (Å²) in [7, 11) is 6.25. The highest BCUT2D eigenvalue weighted by atomic mass is 35.5. The highest BCUT2D eigenvalue weighted by Crippen LogP contribution is 2.36. The Kier molecular flexibility index (Phi) is 7.96. The molecule has 1 aliphatic heterocycles. The van der Waals surface area contributed by atoms with Crippen LogP contribution in [0.25, 0.3) is 11.2 Å². The maximum Gasteiger partial charge on any atom is 0.332 e. The highest BCUT2D eigenvalue weighted by Gasteiger charge is 2.27. The molecular weight excluding hydrogens is 566 g/mol. The summed E-state index contributed by atoms with van der Waals surface area (Å²) in [5.74, 6) is 1.70. The first kappa shape index (κ1) is 28.5. The summed E-state index contributed by atoms with van der Waals surface area (Å²) in [6.07, 6.45) is 0. The van der Waals surface area contributed by atoms with Gasteiger partial charge in [0.2, 0.25) is 5.95 Å². The topological polar surface area (TPSA) is 98.8 Å². The number of hydrogen-bond acceptors (Lipinski definition) is 7. The zero-order chi connectivity index (χ0) is 29.4. The lowest BCUT2D eigenvalue weighted by atomic mass is 10.1. The first-order valence-electron chi connectivity index (χ1n) is 13.1. The van der Waals surface area contributed by atoms with Crippen LogP contribution in [0.2, 0.25) is 5.02 Å². The predicted molar refractivity (Wildman–Crippen MR) is 165 cm³/mol. The largest absolute Gasteiger partial charge is 0.495 e. The molecule has 216 valence electrons. The Hall–Kier alpha value is -4.03. The molecule has 0 bridgehead atoms. The number of fused-ring (bicyclic) bond motifs is 1. The fraction of sp³-hybridized carbons (Fsp3) is 0.357. The van der Waals surface area contributed by atoms with Crippen molar-refractivity contribution in [3.63, 3.8) is 0 Å². The predicted octanol–water partition coefficient (Wildman–Crippen LogP) is 2.98. The number of nitrogens with one attached hydrogen (secondary N) is 1. The maximum absolute atomic E-state index is 13.3. The van der Waals surface area contributed by atoms with E-state index < -0.39 is 5.69 Å². The number of thiocarbonyl (C=S) groups is 1. The van der Waals surface area contributed by atoms with Crippen LogP contribution in [-0.4, -0.2) is 69.1 Å². The van der Waals surface area contributed by atoms with E-state index in [4.69, 9.17) is 38.3 Å². The number of aryl methyl sites for hydroxylation is 2. The van der Waals surface area contributed by atoms with Crippen LogP contribution >= 0.6 is 23.8 Å². The Labute approximate surface area is 247 Å². The molecule has 3 heterocycles. The standard InChI is InChI=1S/C28H32ClN7O4S/c1-17-7-6-8-18(13-17)16-36-23-24(32(2)28(38)33(3)25(23)37)31-26(36)34-9-11-35(12-10-34)27(41)30-20-15-21(39-4)19(29)14-22(20)40-5/h6-8,13-15H,9-12,16H2,1-5H3,(H,30,41). The van der Waals surface area contributed by atoms with E-state index >= 15 is 0 Å². The van der Waals surface area contributed by atoms with Crippen molar-refractivity contribution in [3.05, 3.63) is 73.4 Å². The number of methoxy groups -OCH3 is 2. The molecule has 0 amide bonds. The second-order valence-electron chi connectivity index (χ2n) is 9.96. The zero-order valence-corrected chi connectivity index (χ0v) is 25.2. The quantitative estimate of drug-likeness (QED) is 0.336. The van der Waals surface area contributed by atoms with Crippen molar-refractivity contribution in [1.29, 1.82) is 0 Å². The van der Waals surface area contributed by atoms with Crippen LogP contribution in [0.3, 0.4) is 0 Å². The maximum atomic E-state index is 13.3. The van der Waals surface area contributed by atoms with Crippen LogP contribution in [0.5, 0.6) is 11.5 Å². The summed E-state index contributed by atoms with van der Waals surface area (Å²) < 4.78 is 15.3. The van der Waals surface area contributed by atoms with E-state index in [1.54, 1.807) is 33.4 Å². The average Bonchev–Trinajstić information content (AvgIpc) is 3.34. The summed E-state index contributed by atoms with van der Waals surface area (Å²) in [5, 5.41) is 4.24. The van der Waals surface area contributed by atoms with Crippen molar-refractivity contribution >= 4 is 51.7 Å². The number of halogens is 1. The lowest BCUT2D eigenvalue weighted by Crippen LogP contribution is -2.50. The highest BCUT2D eigenvalue weighted by molar-refractivity contribution is 7.80. The molecule has 1 N–H and O–H groups in total. The molecule has 0 aliphatic carbocycles. The van der Waals surface area contributed by atoms with Crippen molar-refractivity contribution in [1.82, 2.24) is 23.6 Å². The van der Waals surface area contributed by atoms with Gasteiger partial charge in [-0.15, -0.1) is 0 Å². The van der Waals surface area contributed by atoms with Gasteiger partial charge in [0.25, 0.3) is 5.56 Å². The molecule has 2 aromatic heterocycles. The van der Waals surface area contributed by atoms with Crippen LogP contribution in [0, 0.1) is 6.92 Å². The molecule has 1 aliphatic rings. The first-order chi connectivity index (χ1) is 19.6. The van der Waals surface area contributed by atoms with E-state index in [9.17, 15) is 9.59 Å². The third-order valence-electron chi connectivity index (χ3n) is 7.32. The Morgan fingerprint density at radius 2 is 1.73 bits per heavy atom. The van der Waals surface area contributed by atoms with Gasteiger partial charge in [-0.3, -0.25) is 18.5 Å². The minimum absolute atomic E-state index is 0.365. The van der Waals surface area contributed by atoms with Gasteiger partial charge in [0.05, 0.1) is 31.5 Å². The molecule has 0 unspecified atom stereocenters. The van der Waals surface area contributed by atoms with Crippen LogP contribution in [-0.2, 0) is 20.6 Å². The van der Waals surface area contributed by atoms with Crippen molar-refractivity contribution in [2.75, 3.05) is 50.6 Å². The van der Waals surface area contributed by atoms with Crippen molar-refractivity contribution in [2.24, 2.45) is 14.1 Å². The molecule has 5 rings (SSSR count). The molecule has 41 heavy (non-hydrogen) atoms. The molecule has 13 heteroatoms. The molecule has 2 aromatic carbocycles. The van der Waals surface area contributed by atoms with Crippen LogP contribution in [0.4, 0.5) is 11.6 Å². The lowest BCUT2D eigenvalue weighted by molar-refractivity contribution is 0.385. The summed E-state index contributed by atoms with van der Waals surface area (Å²) in [6, 6.07) is 11.6. The number of anilines is 2. The molecule has 0 saturated carbocycles. The van der Waals surface area contributed by atoms with Crippen molar-refractivity contribution < 1.29 is 9.47 Å². The third-order valence-corrected chi connectivity index (χ3v) is 7.97. The van der Waals surface area contributed by atoms with Gasteiger partial charge >= 0.3 is 5.69 Å². The number of nitrogens with zero attached hydrogens (tertiary/aromatic N) is 6. The smallest absolute Gasteiger partial charge is 0.332 e. The minimum Gasteiger partial charge on any atom is -0.495 e. The third kappa shape index (κ3) is 5.36. The number of ether oxygens (including phenoxy) is 2. The number of piperazine rings is 1. The van der Waals surface area contributed by atoms with E-state index in [-0.39, 0.29) is 5.56 Å². The van der Waals surface area contributed by atoms with Gasteiger partial charge in [0.15, 0.2) is 16.3 Å². The Bertz CT molecular complexity index is 1760. The number of benzene rings is 2. The van der Waals surface area contributed by atoms with Gasteiger partial charge in [0, 0.05) is 52.4 Å². The van der Waals surface area contributed by atoms with Crippen molar-refractivity contribution in [3.8, 4) is 11.5 Å². The van der Waals surface area contributed by atoms with Crippen LogP contribution in [0.15, 0.2) is 46.0 Å². The lowest BCUT2D eigenvalue weighted by Gasteiger charge is -2.37. The first-order valence-corrected chi connectivity index (χ1v) is 13.9. The van der Waals surface area contributed by atoms with E-state index in [1.165, 1.54) is 11.6 Å². The Balaban J connectivity index is 1.43. The number of aromatic nitrogens is 4. The molecule has 1 saturated heterocycles. The minimum atomic E-state index is -0.412. The summed E-state index contributed by atoms with van der Waals surface area (Å²) in [4.78, 5) is 35.0. The van der Waals surface area contributed by atoms with E-state index in [2.05, 4.69) is 21.2 Å². The van der Waals surface area contributed by atoms with Crippen molar-refractivity contribution in [2.45, 2.75) is 13.5 Å². The van der Waals surface area contributed by atoms with Gasteiger partial charge in [-0.1, -0.05) is 41.4 Å². The van der Waals surface area contributed by atoms with E-state index in [0.717, 1.165) is 15.7 Å². The monoisotopic (exact) mass is 597 g/mol. The van der Waals surface area contributed by atoms with E-state index in [0.29, 0.717) is 77.2 Å². The fourth-order valence-corrected chi connectivity index (χ4v) is 5.60. The average molecular weight is 598 g/mol. The van der Waals surface area contributed by atoms with Gasteiger partial charge in [-0.2, -0.15) is 4.98 Å². The normalized spacial score (nSPS) is 13.5. The fourth-order valence-electron chi connectivity index (χ4n) is 5.08. The Morgan fingerprint density at radius 3 is 2.39 bits per heavy atom. The molecule has 0 spiro atoms. The Morgan fingerprint density at radius 1 is 1.02 bits per heavy atom. The second-order valence-corrected chi connectivity index (χ2v) is 10.8. The molecular formula is C28H32ClN7O4S. The SMILES string of the molecule is COc1cc(NC(=S)N2CCN(c3nc4c(c(=O)n(C)c(=O)n4C)n3Cc3cccc(C)c3)CC2)c(OC)cc1Cl. The summed E-state index contributed by atoms with van der Waals surface area (Å²) in [5.41, 5.74) is 2.79. The summed E-state index contributed by atoms with van der Waals surface area (Å²) in [6.45, 7) is 4.92. The zero-order valence-electron chi connectivity index (χ0n) is 23.6. The molecule has 4 aromatic rings. The van der Waals surface area contributed by atoms with Gasteiger partial charge in [-0.05, 0) is 24.7 Å². The molecule has 0 radical (unpaired) electrons. The number of rotatable bonds is 6. The van der Waals surface area contributed by atoms with E-state index in [1.807, 2.05) is 29.7 Å². The molecule has 11 nitrogen and oxygen atoms in total. The summed E-state index contributed by atoms with van der Waals surface area (Å²) >= 11 is 12.0. The van der Waals surface area contributed by atoms with Crippen LogP contribution < -0.4 is 30.9 Å². The number of imidazole rings is 1. The van der Waals surface area contributed by atoms with Gasteiger partial charge in [-0.25, -0.2) is 4.79 Å². The number of hydrogen-bond donors (Lipinski definition) is 1. The van der Waals surface area contributed by atoms with Crippen LogP contribution in [0.1, 0.15) is 11.1 Å². The van der Waals surface area contributed by atoms with Gasteiger partial charge < -0.3 is 24.6 Å². The molecule has 1 fully saturated rings. The second kappa shape index (κ2) is 11.5.